The molecule has 0 saturated heterocycles. The van der Waals surface area contributed by atoms with Gasteiger partial charge in [-0.1, -0.05) is 18.2 Å². The van der Waals surface area contributed by atoms with Crippen LogP contribution in [0.5, 0.6) is 5.75 Å². The summed E-state index contributed by atoms with van der Waals surface area (Å²) in [6, 6.07) is 9.33. The molecule has 1 aromatic heterocycles. The molecule has 0 aliphatic rings. The van der Waals surface area contributed by atoms with Gasteiger partial charge in [-0.3, -0.25) is 9.78 Å². The number of ether oxygens (including phenoxy) is 1. The Morgan fingerprint density at radius 2 is 2.10 bits per heavy atom. The van der Waals surface area contributed by atoms with E-state index in [4.69, 9.17) is 4.74 Å². The summed E-state index contributed by atoms with van der Waals surface area (Å²) in [5, 5.41) is 3.07. The van der Waals surface area contributed by atoms with Crippen LogP contribution in [0.1, 0.15) is 18.2 Å². The lowest BCUT2D eigenvalue weighted by atomic mass is 10.2. The first-order valence-corrected chi connectivity index (χ1v) is 6.59. The number of hydrogen-bond donors (Lipinski definition) is 2. The molecule has 5 nitrogen and oxygen atoms in total. The van der Waals surface area contributed by atoms with E-state index in [1.807, 2.05) is 38.1 Å². The third-order valence-electron chi connectivity index (χ3n) is 2.85. The van der Waals surface area contributed by atoms with Crippen LogP contribution in [0.3, 0.4) is 0 Å². The van der Waals surface area contributed by atoms with E-state index in [-0.39, 0.29) is 11.7 Å². The van der Waals surface area contributed by atoms with Crippen LogP contribution in [-0.4, -0.2) is 22.6 Å². The Balaban J connectivity index is 1.94. The first kappa shape index (κ1) is 14.1. The van der Waals surface area contributed by atoms with Gasteiger partial charge >= 0.3 is 0 Å². The Kier molecular flexibility index (Phi) is 4.40. The Morgan fingerprint density at radius 3 is 2.80 bits per heavy atom. The van der Waals surface area contributed by atoms with Crippen molar-refractivity contribution in [1.82, 2.24) is 9.97 Å². The molecule has 1 unspecified atom stereocenters. The van der Waals surface area contributed by atoms with Crippen molar-refractivity contribution in [2.75, 3.05) is 11.9 Å². The molecule has 0 amide bonds. The highest BCUT2D eigenvalue weighted by Gasteiger charge is 2.06. The second-order valence-electron chi connectivity index (χ2n) is 4.81. The van der Waals surface area contributed by atoms with Crippen LogP contribution >= 0.6 is 0 Å². The van der Waals surface area contributed by atoms with Crippen molar-refractivity contribution in [3.05, 3.63) is 51.9 Å². The number of rotatable bonds is 5. The molecule has 20 heavy (non-hydrogen) atoms. The van der Waals surface area contributed by atoms with Crippen molar-refractivity contribution in [3.8, 4) is 5.75 Å². The zero-order chi connectivity index (χ0) is 14.5. The average Bonchev–Trinajstić information content (AvgIpc) is 2.38. The second-order valence-corrected chi connectivity index (χ2v) is 4.81. The van der Waals surface area contributed by atoms with Gasteiger partial charge in [0.1, 0.15) is 11.9 Å². The summed E-state index contributed by atoms with van der Waals surface area (Å²) in [5.74, 6) is 1.34. The number of H-pyrrole nitrogens is 1. The predicted octanol–water partition coefficient (Wildman–Crippen LogP) is 2.27. The zero-order valence-electron chi connectivity index (χ0n) is 11.9. The fourth-order valence-electron chi connectivity index (χ4n) is 1.85. The monoisotopic (exact) mass is 273 g/mol. The molecule has 5 heteroatoms. The largest absolute Gasteiger partial charge is 0.489 e. The lowest BCUT2D eigenvalue weighted by Gasteiger charge is -2.17. The number of nitrogens with zero attached hydrogens (tertiary/aromatic N) is 1. The van der Waals surface area contributed by atoms with E-state index in [2.05, 4.69) is 15.3 Å². The van der Waals surface area contributed by atoms with Gasteiger partial charge in [-0.05, 0) is 32.4 Å². The Labute approximate surface area is 118 Å². The molecule has 0 aliphatic carbocycles. The summed E-state index contributed by atoms with van der Waals surface area (Å²) in [7, 11) is 0. The minimum atomic E-state index is -0.160. The van der Waals surface area contributed by atoms with Gasteiger partial charge in [0.2, 0.25) is 5.95 Å². The van der Waals surface area contributed by atoms with Crippen molar-refractivity contribution < 1.29 is 4.74 Å². The molecule has 1 aromatic carbocycles. The number of nitrogens with one attached hydrogen (secondary N) is 2. The zero-order valence-corrected chi connectivity index (χ0v) is 11.9. The minimum Gasteiger partial charge on any atom is -0.489 e. The van der Waals surface area contributed by atoms with Crippen molar-refractivity contribution in [3.63, 3.8) is 0 Å². The summed E-state index contributed by atoms with van der Waals surface area (Å²) in [4.78, 5) is 18.2. The van der Waals surface area contributed by atoms with Gasteiger partial charge in [-0.15, -0.1) is 0 Å². The fraction of sp³-hybridized carbons (Fsp3) is 0.333. The molecule has 0 aliphatic heterocycles. The standard InChI is InChI=1S/C15H19N3O2/c1-10-6-4-5-7-13(10)20-12(3)9-16-15-17-11(2)8-14(19)18-15/h4-8,12H,9H2,1-3H3,(H2,16,17,18,19). The van der Waals surface area contributed by atoms with Crippen molar-refractivity contribution >= 4 is 5.95 Å². The number of anilines is 1. The van der Waals surface area contributed by atoms with E-state index < -0.39 is 0 Å². The number of aromatic amines is 1. The summed E-state index contributed by atoms with van der Waals surface area (Å²) in [6.07, 6.45) is -0.0399. The normalized spacial score (nSPS) is 11.9. The maximum atomic E-state index is 11.3. The molecular weight excluding hydrogens is 254 g/mol. The van der Waals surface area contributed by atoms with Crippen molar-refractivity contribution in [2.45, 2.75) is 26.9 Å². The van der Waals surface area contributed by atoms with Crippen LogP contribution in [0.4, 0.5) is 5.95 Å². The highest BCUT2D eigenvalue weighted by molar-refractivity contribution is 5.32. The van der Waals surface area contributed by atoms with Crippen LogP contribution in [0.25, 0.3) is 0 Å². The molecule has 0 radical (unpaired) electrons. The van der Waals surface area contributed by atoms with Crippen LogP contribution in [0, 0.1) is 13.8 Å². The molecule has 0 saturated carbocycles. The molecule has 2 N–H and O–H groups in total. The molecule has 1 heterocycles. The van der Waals surface area contributed by atoms with E-state index in [0.29, 0.717) is 18.2 Å². The van der Waals surface area contributed by atoms with Gasteiger partial charge in [-0.2, -0.15) is 0 Å². The topological polar surface area (TPSA) is 67.0 Å². The molecule has 106 valence electrons. The Hall–Kier alpha value is -2.30. The van der Waals surface area contributed by atoms with E-state index >= 15 is 0 Å². The molecule has 0 spiro atoms. The Bertz CT molecular complexity index is 637. The number of para-hydroxylation sites is 1. The Morgan fingerprint density at radius 1 is 1.35 bits per heavy atom. The number of hydrogen-bond acceptors (Lipinski definition) is 4. The minimum absolute atomic E-state index is 0.0399. The van der Waals surface area contributed by atoms with Crippen LogP contribution in [0.2, 0.25) is 0 Å². The lowest BCUT2D eigenvalue weighted by Crippen LogP contribution is -2.25. The van der Waals surface area contributed by atoms with Gasteiger partial charge in [0, 0.05) is 11.8 Å². The SMILES string of the molecule is Cc1cc(=O)[nH]c(NCC(C)Oc2ccccc2C)n1. The average molecular weight is 273 g/mol. The number of aryl methyl sites for hydroxylation is 2. The van der Waals surface area contributed by atoms with Gasteiger partial charge in [-0.25, -0.2) is 4.98 Å². The number of benzene rings is 1. The summed E-state index contributed by atoms with van der Waals surface area (Å²) >= 11 is 0. The fourth-order valence-corrected chi connectivity index (χ4v) is 1.85. The smallest absolute Gasteiger partial charge is 0.252 e. The summed E-state index contributed by atoms with van der Waals surface area (Å²) in [6.45, 7) is 6.32. The second kappa shape index (κ2) is 6.23. The third-order valence-corrected chi connectivity index (χ3v) is 2.85. The highest BCUT2D eigenvalue weighted by atomic mass is 16.5. The predicted molar refractivity (Wildman–Crippen MR) is 79.4 cm³/mol. The van der Waals surface area contributed by atoms with Gasteiger partial charge in [0.15, 0.2) is 0 Å². The first-order chi connectivity index (χ1) is 9.54. The highest BCUT2D eigenvalue weighted by Crippen LogP contribution is 2.17. The quantitative estimate of drug-likeness (QED) is 0.877. The third kappa shape index (κ3) is 3.85. The van der Waals surface area contributed by atoms with E-state index in [1.54, 1.807) is 6.92 Å². The molecular formula is C15H19N3O2. The summed E-state index contributed by atoms with van der Waals surface area (Å²) < 4.78 is 5.85. The van der Waals surface area contributed by atoms with E-state index in [0.717, 1.165) is 11.3 Å². The molecule has 1 atom stereocenters. The van der Waals surface area contributed by atoms with Crippen molar-refractivity contribution in [1.29, 1.82) is 0 Å². The van der Waals surface area contributed by atoms with Crippen LogP contribution < -0.4 is 15.6 Å². The van der Waals surface area contributed by atoms with Gasteiger partial charge in [0.25, 0.3) is 5.56 Å². The molecule has 0 fully saturated rings. The maximum Gasteiger partial charge on any atom is 0.252 e. The van der Waals surface area contributed by atoms with E-state index in [1.165, 1.54) is 6.07 Å². The van der Waals surface area contributed by atoms with E-state index in [9.17, 15) is 4.79 Å². The first-order valence-electron chi connectivity index (χ1n) is 6.59. The maximum absolute atomic E-state index is 11.3. The molecule has 2 aromatic rings. The number of aromatic nitrogens is 2. The molecule has 0 bridgehead atoms. The van der Waals surface area contributed by atoms with Crippen LogP contribution in [0.15, 0.2) is 35.1 Å². The van der Waals surface area contributed by atoms with Gasteiger partial charge in [0.05, 0.1) is 6.54 Å². The lowest BCUT2D eigenvalue weighted by molar-refractivity contribution is 0.233. The van der Waals surface area contributed by atoms with Crippen molar-refractivity contribution in [2.24, 2.45) is 0 Å². The van der Waals surface area contributed by atoms with Crippen LogP contribution in [-0.2, 0) is 0 Å². The summed E-state index contributed by atoms with van der Waals surface area (Å²) in [5.41, 5.74) is 1.62. The molecule has 2 rings (SSSR count). The van der Waals surface area contributed by atoms with Gasteiger partial charge < -0.3 is 10.1 Å².